The van der Waals surface area contributed by atoms with Gasteiger partial charge in [0, 0.05) is 37.5 Å². The maximum atomic E-state index is 6.40. The van der Waals surface area contributed by atoms with Crippen LogP contribution in [0.25, 0.3) is 97.7 Å². The fourth-order valence-corrected chi connectivity index (χ4v) is 10.0. The van der Waals surface area contributed by atoms with Gasteiger partial charge in [-0.05, 0) is 105 Å². The summed E-state index contributed by atoms with van der Waals surface area (Å²) < 4.78 is 8.96. The van der Waals surface area contributed by atoms with Gasteiger partial charge in [-0.3, -0.25) is 0 Å². The molecule has 61 heavy (non-hydrogen) atoms. The molecule has 0 atom stereocenters. The Kier molecular flexibility index (Phi) is 8.36. The van der Waals surface area contributed by atoms with E-state index in [-0.39, 0.29) is 0 Å². The van der Waals surface area contributed by atoms with E-state index in [0.717, 1.165) is 61.2 Å². The molecule has 10 aromatic carbocycles. The largest absolute Gasteiger partial charge is 0.436 e. The van der Waals surface area contributed by atoms with Crippen LogP contribution < -0.4 is 4.90 Å². The van der Waals surface area contributed by atoms with Crippen LogP contribution in [0.5, 0.6) is 0 Å². The van der Waals surface area contributed by atoms with Crippen molar-refractivity contribution in [3.05, 3.63) is 218 Å². The quantitative estimate of drug-likeness (QED) is 0.161. The Morgan fingerprint density at radius 3 is 1.66 bits per heavy atom. The topological polar surface area (TPSA) is 29.3 Å². The first-order valence-corrected chi connectivity index (χ1v) is 21.4. The van der Waals surface area contributed by atoms with E-state index < -0.39 is 0 Å². The van der Waals surface area contributed by atoms with Gasteiger partial charge < -0.3 is 9.32 Å². The second-order valence-corrected chi connectivity index (χ2v) is 16.6. The van der Waals surface area contributed by atoms with Crippen LogP contribution >= 0.6 is 11.3 Å². The van der Waals surface area contributed by atoms with Gasteiger partial charge in [-0.15, -0.1) is 11.3 Å². The summed E-state index contributed by atoms with van der Waals surface area (Å²) in [5.74, 6) is 0.619. The summed E-state index contributed by atoms with van der Waals surface area (Å²) in [5, 5.41) is 7.10. The number of hydrogen-bond acceptors (Lipinski definition) is 4. The van der Waals surface area contributed by atoms with Crippen LogP contribution in [0.4, 0.5) is 17.1 Å². The molecule has 0 saturated carbocycles. The van der Waals surface area contributed by atoms with Crippen LogP contribution in [0, 0.1) is 0 Å². The minimum absolute atomic E-state index is 0.619. The fraction of sp³-hybridized carbons (Fsp3) is 0. The molecule has 3 nitrogen and oxygen atoms in total. The Morgan fingerprint density at radius 2 is 0.918 bits per heavy atom. The van der Waals surface area contributed by atoms with Gasteiger partial charge in [0.15, 0.2) is 5.58 Å². The molecule has 0 saturated heterocycles. The third-order valence-electron chi connectivity index (χ3n) is 11.9. The van der Waals surface area contributed by atoms with Gasteiger partial charge in [-0.1, -0.05) is 158 Å². The molecule has 0 N–H and O–H groups in total. The molecule has 12 rings (SSSR count). The number of anilines is 3. The van der Waals surface area contributed by atoms with Gasteiger partial charge in [0.05, 0.1) is 16.1 Å². The van der Waals surface area contributed by atoms with E-state index in [2.05, 4.69) is 211 Å². The first kappa shape index (κ1) is 35.2. The molecule has 0 bridgehead atoms. The maximum Gasteiger partial charge on any atom is 0.227 e. The average Bonchev–Trinajstić information content (AvgIpc) is 3.95. The lowest BCUT2D eigenvalue weighted by atomic mass is 9.97. The van der Waals surface area contributed by atoms with E-state index in [1.165, 1.54) is 47.6 Å². The second-order valence-electron chi connectivity index (χ2n) is 15.5. The molecule has 0 amide bonds. The minimum Gasteiger partial charge on any atom is -0.436 e. The summed E-state index contributed by atoms with van der Waals surface area (Å²) in [6, 6.07) is 78.3. The highest BCUT2D eigenvalue weighted by molar-refractivity contribution is 7.26. The van der Waals surface area contributed by atoms with Crippen molar-refractivity contribution >= 4 is 81.2 Å². The summed E-state index contributed by atoms with van der Waals surface area (Å²) in [7, 11) is 0. The Labute approximate surface area is 357 Å². The van der Waals surface area contributed by atoms with Crippen LogP contribution in [0.3, 0.4) is 0 Å². The molecule has 2 aromatic heterocycles. The summed E-state index contributed by atoms with van der Waals surface area (Å²) in [5.41, 5.74) is 13.0. The molecule has 12 aromatic rings. The minimum atomic E-state index is 0.619. The summed E-state index contributed by atoms with van der Waals surface area (Å²) in [6.07, 6.45) is 0. The van der Waals surface area contributed by atoms with E-state index in [1.807, 2.05) is 23.5 Å². The number of hydrogen-bond donors (Lipinski definition) is 0. The number of rotatable bonds is 7. The van der Waals surface area contributed by atoms with E-state index >= 15 is 0 Å². The molecule has 0 aliphatic carbocycles. The Balaban J connectivity index is 0.985. The molecule has 0 fully saturated rings. The van der Waals surface area contributed by atoms with Crippen LogP contribution in [0.1, 0.15) is 0 Å². The number of benzene rings is 10. The zero-order chi connectivity index (χ0) is 40.3. The molecule has 0 radical (unpaired) electrons. The molecule has 0 aliphatic heterocycles. The number of fused-ring (bicyclic) bond motifs is 7. The molecule has 0 unspecified atom stereocenters. The van der Waals surface area contributed by atoms with Crippen molar-refractivity contribution in [2.75, 3.05) is 4.90 Å². The number of oxazole rings is 1. The smallest absolute Gasteiger partial charge is 0.227 e. The third-order valence-corrected chi connectivity index (χ3v) is 13.1. The van der Waals surface area contributed by atoms with Crippen molar-refractivity contribution < 1.29 is 4.42 Å². The lowest BCUT2D eigenvalue weighted by molar-refractivity contribution is 0.620. The highest BCUT2D eigenvalue weighted by atomic mass is 32.1. The monoisotopic (exact) mass is 796 g/mol. The SMILES string of the molecule is c1ccc(-c2ccc(-c3nc4c(ccc5ccc(-c6ccc7cccc(N(c8ccc(-c9ccccc9)cc8)c8cccc9c8sc8ccccc89)c7c6)cc54)o3)cc2)cc1. The van der Waals surface area contributed by atoms with Gasteiger partial charge in [-0.25, -0.2) is 4.98 Å². The molecular formula is C57H36N2OS. The molecule has 286 valence electrons. The number of thiophene rings is 1. The summed E-state index contributed by atoms with van der Waals surface area (Å²) in [4.78, 5) is 7.55. The van der Waals surface area contributed by atoms with E-state index in [9.17, 15) is 0 Å². The zero-order valence-electron chi connectivity index (χ0n) is 33.0. The standard InChI is InChI=1S/C57H36N2OS/c1-3-11-37(12-4-1)39-21-25-43(26-22-39)57-58-55-50-36-45(28-24-42(50)31-34-53(55)60-57)44-27-23-41-15-9-18-51(49(41)35-44)59(46-32-29-40(30-33-46)38-13-5-2-6-14-38)52-19-10-17-48-47-16-7-8-20-54(47)61-56(48)52/h1-36H. The lowest BCUT2D eigenvalue weighted by Gasteiger charge is -2.28. The van der Waals surface area contributed by atoms with E-state index in [4.69, 9.17) is 9.40 Å². The zero-order valence-corrected chi connectivity index (χ0v) is 33.8. The fourth-order valence-electron chi connectivity index (χ4n) is 8.83. The third kappa shape index (κ3) is 6.16. The van der Waals surface area contributed by atoms with Gasteiger partial charge in [0.2, 0.25) is 5.89 Å². The maximum absolute atomic E-state index is 6.40. The Morgan fingerprint density at radius 1 is 0.377 bits per heavy atom. The van der Waals surface area contributed by atoms with Crippen molar-refractivity contribution in [3.63, 3.8) is 0 Å². The molecule has 0 aliphatic rings. The molecule has 4 heteroatoms. The van der Waals surface area contributed by atoms with Crippen molar-refractivity contribution in [1.82, 2.24) is 4.98 Å². The van der Waals surface area contributed by atoms with Gasteiger partial charge >= 0.3 is 0 Å². The summed E-state index contributed by atoms with van der Waals surface area (Å²) in [6.45, 7) is 0. The van der Waals surface area contributed by atoms with Crippen molar-refractivity contribution in [1.29, 1.82) is 0 Å². The molecule has 0 spiro atoms. The van der Waals surface area contributed by atoms with E-state index in [1.54, 1.807) is 0 Å². The number of nitrogens with zero attached hydrogens (tertiary/aromatic N) is 2. The normalized spacial score (nSPS) is 11.6. The van der Waals surface area contributed by atoms with Gasteiger partial charge in [0.1, 0.15) is 5.52 Å². The predicted octanol–water partition coefficient (Wildman–Crippen LogP) is 16.6. The average molecular weight is 797 g/mol. The van der Waals surface area contributed by atoms with Crippen molar-refractivity contribution in [2.24, 2.45) is 0 Å². The first-order valence-electron chi connectivity index (χ1n) is 20.6. The van der Waals surface area contributed by atoms with E-state index in [0.29, 0.717) is 5.89 Å². The van der Waals surface area contributed by atoms with Gasteiger partial charge in [-0.2, -0.15) is 0 Å². The second kappa shape index (κ2) is 14.5. The predicted molar refractivity (Wildman–Crippen MR) is 258 cm³/mol. The van der Waals surface area contributed by atoms with Crippen LogP contribution in [-0.2, 0) is 0 Å². The van der Waals surface area contributed by atoms with Crippen LogP contribution in [0.2, 0.25) is 0 Å². The Hall–Kier alpha value is -7.79. The summed E-state index contributed by atoms with van der Waals surface area (Å²) >= 11 is 1.86. The highest BCUT2D eigenvalue weighted by Crippen LogP contribution is 2.47. The van der Waals surface area contributed by atoms with Gasteiger partial charge in [0.25, 0.3) is 0 Å². The number of aromatic nitrogens is 1. The van der Waals surface area contributed by atoms with Crippen LogP contribution in [0.15, 0.2) is 223 Å². The Bertz CT molecular complexity index is 3570. The van der Waals surface area contributed by atoms with Crippen LogP contribution in [-0.4, -0.2) is 4.98 Å². The molecular weight excluding hydrogens is 761 g/mol. The first-order chi connectivity index (χ1) is 30.2. The lowest BCUT2D eigenvalue weighted by Crippen LogP contribution is -2.10. The highest BCUT2D eigenvalue weighted by Gasteiger charge is 2.21. The van der Waals surface area contributed by atoms with Crippen molar-refractivity contribution in [2.45, 2.75) is 0 Å². The molecule has 2 heterocycles. The van der Waals surface area contributed by atoms with Crippen molar-refractivity contribution in [3.8, 4) is 44.8 Å².